The van der Waals surface area contributed by atoms with Crippen LogP contribution < -0.4 is 19.5 Å². The summed E-state index contributed by atoms with van der Waals surface area (Å²) in [6.07, 6.45) is 0.0274. The second kappa shape index (κ2) is 10.2. The van der Waals surface area contributed by atoms with Gasteiger partial charge >= 0.3 is 0 Å². The Morgan fingerprint density at radius 2 is 1.50 bits per heavy atom. The third kappa shape index (κ3) is 5.03. The van der Waals surface area contributed by atoms with E-state index in [0.717, 1.165) is 0 Å². The Balaban J connectivity index is 2.03. The van der Waals surface area contributed by atoms with E-state index in [2.05, 4.69) is 5.32 Å². The average molecular weight is 440 g/mol. The van der Waals surface area contributed by atoms with Crippen molar-refractivity contribution in [2.45, 2.75) is 20.0 Å². The zero-order valence-corrected chi connectivity index (χ0v) is 18.9. The van der Waals surface area contributed by atoms with Crippen LogP contribution in [0.15, 0.2) is 48.2 Å². The average Bonchev–Trinajstić information content (AvgIpc) is 3.01. The fourth-order valence-corrected chi connectivity index (χ4v) is 3.34. The monoisotopic (exact) mass is 440 g/mol. The van der Waals surface area contributed by atoms with Crippen molar-refractivity contribution in [1.82, 2.24) is 4.90 Å². The molecule has 2 aromatic carbocycles. The summed E-state index contributed by atoms with van der Waals surface area (Å²) in [4.78, 5) is 27.6. The fourth-order valence-electron chi connectivity index (χ4n) is 3.34. The van der Waals surface area contributed by atoms with Gasteiger partial charge in [0, 0.05) is 31.0 Å². The third-order valence-electron chi connectivity index (χ3n) is 4.82. The SMILES string of the molecule is COCCN1C(=O)C(Nc2cc(OC)cc(OC)c2)=C(c2ccc(OC(C)C)cc2)C1=O. The fraction of sp³-hybridized carbons (Fsp3) is 0.333. The maximum Gasteiger partial charge on any atom is 0.278 e. The van der Waals surface area contributed by atoms with Gasteiger partial charge in [-0.05, 0) is 31.5 Å². The number of imide groups is 1. The lowest BCUT2D eigenvalue weighted by atomic mass is 10.0. The van der Waals surface area contributed by atoms with Crippen molar-refractivity contribution in [3.05, 3.63) is 53.7 Å². The maximum absolute atomic E-state index is 13.2. The molecule has 8 heteroatoms. The molecular weight excluding hydrogens is 412 g/mol. The second-order valence-corrected chi connectivity index (χ2v) is 7.42. The van der Waals surface area contributed by atoms with E-state index in [1.54, 1.807) is 56.7 Å². The van der Waals surface area contributed by atoms with Gasteiger partial charge in [0.1, 0.15) is 22.9 Å². The molecule has 0 aromatic heterocycles. The number of amides is 2. The summed E-state index contributed by atoms with van der Waals surface area (Å²) in [5.74, 6) is 0.979. The quantitative estimate of drug-likeness (QED) is 0.567. The van der Waals surface area contributed by atoms with E-state index in [4.69, 9.17) is 18.9 Å². The Morgan fingerprint density at radius 1 is 0.875 bits per heavy atom. The van der Waals surface area contributed by atoms with Gasteiger partial charge in [0.2, 0.25) is 0 Å². The minimum Gasteiger partial charge on any atom is -0.497 e. The Hall–Kier alpha value is -3.52. The van der Waals surface area contributed by atoms with Gasteiger partial charge in [0.05, 0.1) is 39.0 Å². The molecule has 0 saturated heterocycles. The summed E-state index contributed by atoms with van der Waals surface area (Å²) in [6.45, 7) is 4.27. The van der Waals surface area contributed by atoms with Gasteiger partial charge in [-0.15, -0.1) is 0 Å². The van der Waals surface area contributed by atoms with E-state index in [0.29, 0.717) is 28.5 Å². The van der Waals surface area contributed by atoms with E-state index in [9.17, 15) is 9.59 Å². The Kier molecular flexibility index (Phi) is 7.37. The molecule has 3 rings (SSSR count). The molecular formula is C24H28N2O6. The first-order chi connectivity index (χ1) is 15.4. The lowest BCUT2D eigenvalue weighted by Gasteiger charge is -2.15. The van der Waals surface area contributed by atoms with Gasteiger partial charge in [-0.2, -0.15) is 0 Å². The molecule has 1 heterocycles. The number of nitrogens with zero attached hydrogens (tertiary/aromatic N) is 1. The highest BCUT2D eigenvalue weighted by Gasteiger charge is 2.39. The number of carbonyl (C=O) groups is 2. The van der Waals surface area contributed by atoms with Crippen LogP contribution in [-0.2, 0) is 14.3 Å². The number of carbonyl (C=O) groups excluding carboxylic acids is 2. The predicted molar refractivity (Wildman–Crippen MR) is 121 cm³/mol. The highest BCUT2D eigenvalue weighted by molar-refractivity contribution is 6.36. The number of benzene rings is 2. The third-order valence-corrected chi connectivity index (χ3v) is 4.82. The van der Waals surface area contributed by atoms with Crippen LogP contribution in [0.1, 0.15) is 19.4 Å². The molecule has 1 aliphatic rings. The minimum absolute atomic E-state index is 0.0274. The first-order valence-electron chi connectivity index (χ1n) is 10.2. The van der Waals surface area contributed by atoms with Crippen LogP contribution in [0.3, 0.4) is 0 Å². The Bertz CT molecular complexity index is 991. The summed E-state index contributed by atoms with van der Waals surface area (Å²) >= 11 is 0. The van der Waals surface area contributed by atoms with Crippen LogP contribution in [0.2, 0.25) is 0 Å². The smallest absolute Gasteiger partial charge is 0.278 e. The molecule has 32 heavy (non-hydrogen) atoms. The van der Waals surface area contributed by atoms with E-state index in [1.807, 2.05) is 13.8 Å². The lowest BCUT2D eigenvalue weighted by molar-refractivity contribution is -0.137. The van der Waals surface area contributed by atoms with Crippen LogP contribution in [0.4, 0.5) is 5.69 Å². The van der Waals surface area contributed by atoms with Gasteiger partial charge in [-0.25, -0.2) is 0 Å². The number of ether oxygens (including phenoxy) is 4. The largest absolute Gasteiger partial charge is 0.497 e. The van der Waals surface area contributed by atoms with Crippen LogP contribution in [0, 0.1) is 0 Å². The van der Waals surface area contributed by atoms with Crippen molar-refractivity contribution in [3.8, 4) is 17.2 Å². The molecule has 0 bridgehead atoms. The summed E-state index contributed by atoms with van der Waals surface area (Å²) < 4.78 is 21.4. The molecule has 1 aliphatic heterocycles. The standard InChI is InChI=1S/C24H28N2O6/c1-15(2)32-18-8-6-16(7-9-18)21-22(24(28)26(23(21)27)10-11-29-3)25-17-12-19(30-4)14-20(13-17)31-5/h6-9,12-15,25H,10-11H2,1-5H3. The van der Waals surface area contributed by atoms with Gasteiger partial charge in [-0.1, -0.05) is 12.1 Å². The Morgan fingerprint density at radius 3 is 2.03 bits per heavy atom. The van der Waals surface area contributed by atoms with Crippen molar-refractivity contribution in [2.24, 2.45) is 0 Å². The van der Waals surface area contributed by atoms with Crippen molar-refractivity contribution >= 4 is 23.1 Å². The second-order valence-electron chi connectivity index (χ2n) is 7.42. The molecule has 0 atom stereocenters. The van der Waals surface area contributed by atoms with Crippen molar-refractivity contribution in [3.63, 3.8) is 0 Å². The van der Waals surface area contributed by atoms with Crippen LogP contribution in [0.5, 0.6) is 17.2 Å². The first kappa shape index (κ1) is 23.1. The van der Waals surface area contributed by atoms with Crippen molar-refractivity contribution in [2.75, 3.05) is 39.8 Å². The van der Waals surface area contributed by atoms with Gasteiger partial charge < -0.3 is 24.3 Å². The molecule has 8 nitrogen and oxygen atoms in total. The Labute approximate surface area is 187 Å². The van der Waals surface area contributed by atoms with E-state index in [1.165, 1.54) is 12.0 Å². The molecule has 170 valence electrons. The zero-order valence-electron chi connectivity index (χ0n) is 18.9. The number of methoxy groups -OCH3 is 3. The van der Waals surface area contributed by atoms with Gasteiger partial charge in [0.25, 0.3) is 11.8 Å². The van der Waals surface area contributed by atoms with E-state index < -0.39 is 5.91 Å². The van der Waals surface area contributed by atoms with Crippen LogP contribution in [0.25, 0.3) is 5.57 Å². The topological polar surface area (TPSA) is 86.3 Å². The number of anilines is 1. The van der Waals surface area contributed by atoms with Crippen LogP contribution >= 0.6 is 0 Å². The molecule has 2 aromatic rings. The summed E-state index contributed by atoms with van der Waals surface area (Å²) in [5.41, 5.74) is 1.63. The molecule has 0 fully saturated rings. The minimum atomic E-state index is -0.425. The number of rotatable bonds is 10. The molecule has 0 aliphatic carbocycles. The van der Waals surface area contributed by atoms with Crippen LogP contribution in [-0.4, -0.2) is 57.3 Å². The summed E-state index contributed by atoms with van der Waals surface area (Å²) in [7, 11) is 4.61. The zero-order chi connectivity index (χ0) is 23.3. The molecule has 2 amide bonds. The van der Waals surface area contributed by atoms with Crippen molar-refractivity contribution < 1.29 is 28.5 Å². The summed E-state index contributed by atoms with van der Waals surface area (Å²) in [6, 6.07) is 12.3. The normalized spacial score (nSPS) is 13.8. The molecule has 0 saturated carbocycles. The lowest BCUT2D eigenvalue weighted by Crippen LogP contribution is -2.35. The number of hydrogen-bond donors (Lipinski definition) is 1. The highest BCUT2D eigenvalue weighted by Crippen LogP contribution is 2.33. The summed E-state index contributed by atoms with van der Waals surface area (Å²) in [5, 5.41) is 3.11. The number of hydrogen-bond acceptors (Lipinski definition) is 7. The molecule has 0 radical (unpaired) electrons. The van der Waals surface area contributed by atoms with Gasteiger partial charge in [0.15, 0.2) is 0 Å². The first-order valence-corrected chi connectivity index (χ1v) is 10.2. The van der Waals surface area contributed by atoms with E-state index >= 15 is 0 Å². The predicted octanol–water partition coefficient (Wildman–Crippen LogP) is 3.33. The molecule has 0 unspecified atom stereocenters. The number of nitrogens with one attached hydrogen (secondary N) is 1. The maximum atomic E-state index is 13.2. The van der Waals surface area contributed by atoms with Gasteiger partial charge in [-0.3, -0.25) is 14.5 Å². The van der Waals surface area contributed by atoms with E-state index in [-0.39, 0.29) is 36.4 Å². The molecule has 1 N–H and O–H groups in total. The highest BCUT2D eigenvalue weighted by atomic mass is 16.5. The molecule has 0 spiro atoms. The van der Waals surface area contributed by atoms with Crippen molar-refractivity contribution in [1.29, 1.82) is 0 Å².